The van der Waals surface area contributed by atoms with Gasteiger partial charge in [0.2, 0.25) is 0 Å². The molecule has 1 N–H and O–H groups in total. The lowest BCUT2D eigenvalue weighted by Crippen LogP contribution is -2.36. The van der Waals surface area contributed by atoms with Crippen molar-refractivity contribution in [3.05, 3.63) is 0 Å². The Kier molecular flexibility index (Phi) is 3.60. The predicted molar refractivity (Wildman–Crippen MR) is 53.1 cm³/mol. The summed E-state index contributed by atoms with van der Waals surface area (Å²) in [5, 5.41) is 8.88. The molecule has 2 nitrogen and oxygen atoms in total. The van der Waals surface area contributed by atoms with Crippen LogP contribution in [-0.2, 0) is 4.79 Å². The maximum Gasteiger partial charge on any atom is 0.324 e. The summed E-state index contributed by atoms with van der Waals surface area (Å²) in [7, 11) is 0. The van der Waals surface area contributed by atoms with Gasteiger partial charge in [-0.25, -0.2) is 0 Å². The van der Waals surface area contributed by atoms with Gasteiger partial charge in [-0.3, -0.25) is 4.79 Å². The van der Waals surface area contributed by atoms with Gasteiger partial charge in [0.05, 0.1) is 0 Å². The Bertz CT molecular complexity index is 183. The minimum atomic E-state index is -0.954. The van der Waals surface area contributed by atoms with Crippen molar-refractivity contribution >= 4 is 17.6 Å². The normalized spacial score (nSPS) is 34.5. The van der Waals surface area contributed by atoms with E-state index in [9.17, 15) is 4.79 Å². The standard InChI is InChI=1S/C10H17ClO2/c1-2-3-8-4-6-10(11,7-5-8)9(12)13/h8H,2-7H2,1H3,(H,12,13). The minimum Gasteiger partial charge on any atom is -0.480 e. The molecule has 0 aromatic heterocycles. The minimum absolute atomic E-state index is 0.633. The second-order valence-corrected chi connectivity index (χ2v) is 4.73. The molecule has 0 unspecified atom stereocenters. The second-order valence-electron chi connectivity index (χ2n) is 4.00. The second kappa shape index (κ2) is 4.32. The van der Waals surface area contributed by atoms with E-state index in [1.807, 2.05) is 0 Å². The van der Waals surface area contributed by atoms with Gasteiger partial charge < -0.3 is 5.11 Å². The Morgan fingerprint density at radius 1 is 1.54 bits per heavy atom. The number of carbonyl (C=O) groups is 1. The smallest absolute Gasteiger partial charge is 0.324 e. The topological polar surface area (TPSA) is 37.3 Å². The van der Waals surface area contributed by atoms with Gasteiger partial charge >= 0.3 is 5.97 Å². The van der Waals surface area contributed by atoms with E-state index in [2.05, 4.69) is 6.92 Å². The monoisotopic (exact) mass is 204 g/mol. The van der Waals surface area contributed by atoms with E-state index in [0.717, 1.165) is 12.8 Å². The van der Waals surface area contributed by atoms with Crippen LogP contribution in [-0.4, -0.2) is 16.0 Å². The lowest BCUT2D eigenvalue weighted by molar-refractivity contribution is -0.141. The summed E-state index contributed by atoms with van der Waals surface area (Å²) in [5.74, 6) is -0.139. The third-order valence-electron chi connectivity index (χ3n) is 2.98. The first kappa shape index (κ1) is 10.8. The average Bonchev–Trinajstić information content (AvgIpc) is 2.09. The zero-order chi connectivity index (χ0) is 9.90. The largest absolute Gasteiger partial charge is 0.480 e. The van der Waals surface area contributed by atoms with Crippen molar-refractivity contribution in [3.63, 3.8) is 0 Å². The molecule has 0 aromatic rings. The third kappa shape index (κ3) is 2.60. The number of aliphatic carboxylic acids is 1. The number of hydrogen-bond donors (Lipinski definition) is 1. The van der Waals surface area contributed by atoms with Crippen molar-refractivity contribution in [3.8, 4) is 0 Å². The molecule has 0 aliphatic heterocycles. The quantitative estimate of drug-likeness (QED) is 0.718. The molecule has 0 amide bonds. The van der Waals surface area contributed by atoms with Crippen LogP contribution in [0.3, 0.4) is 0 Å². The number of halogens is 1. The molecule has 0 heterocycles. The first-order valence-corrected chi connectivity index (χ1v) is 5.38. The molecule has 76 valence electrons. The summed E-state index contributed by atoms with van der Waals surface area (Å²) in [6, 6.07) is 0. The fourth-order valence-corrected chi connectivity index (χ4v) is 2.26. The molecular formula is C10H17ClO2. The van der Waals surface area contributed by atoms with E-state index in [1.54, 1.807) is 0 Å². The first-order chi connectivity index (χ1) is 6.08. The van der Waals surface area contributed by atoms with Gasteiger partial charge in [0, 0.05) is 0 Å². The van der Waals surface area contributed by atoms with Gasteiger partial charge in [-0.2, -0.15) is 0 Å². The summed E-state index contributed by atoms with van der Waals surface area (Å²) in [5.41, 5.74) is 0. The summed E-state index contributed by atoms with van der Waals surface area (Å²) < 4.78 is 0. The Morgan fingerprint density at radius 2 is 2.08 bits per heavy atom. The molecule has 1 aliphatic carbocycles. The zero-order valence-electron chi connectivity index (χ0n) is 8.05. The van der Waals surface area contributed by atoms with Crippen LogP contribution in [0.15, 0.2) is 0 Å². The Labute approximate surface area is 84.3 Å². The van der Waals surface area contributed by atoms with Crippen LogP contribution in [0, 0.1) is 5.92 Å². The van der Waals surface area contributed by atoms with Crippen molar-refractivity contribution in [2.45, 2.75) is 50.3 Å². The van der Waals surface area contributed by atoms with Crippen LogP contribution in [0.1, 0.15) is 45.4 Å². The summed E-state index contributed by atoms with van der Waals surface area (Å²) in [4.78, 5) is 9.85. The van der Waals surface area contributed by atoms with Crippen LogP contribution in [0.5, 0.6) is 0 Å². The van der Waals surface area contributed by atoms with Crippen molar-refractivity contribution in [1.29, 1.82) is 0 Å². The van der Waals surface area contributed by atoms with Crippen molar-refractivity contribution in [2.24, 2.45) is 5.92 Å². The van der Waals surface area contributed by atoms with E-state index in [-0.39, 0.29) is 0 Å². The van der Waals surface area contributed by atoms with Gasteiger partial charge in [0.25, 0.3) is 0 Å². The third-order valence-corrected chi connectivity index (χ3v) is 3.52. The SMILES string of the molecule is CCCC1CCC(Cl)(C(=O)O)CC1. The van der Waals surface area contributed by atoms with Crippen LogP contribution in [0.2, 0.25) is 0 Å². The molecule has 1 fully saturated rings. The molecule has 1 aliphatic rings. The predicted octanol–water partition coefficient (Wildman–Crippen LogP) is 3.04. The first-order valence-electron chi connectivity index (χ1n) is 5.01. The van der Waals surface area contributed by atoms with Gasteiger partial charge in [0.1, 0.15) is 4.87 Å². The molecule has 3 heteroatoms. The summed E-state index contributed by atoms with van der Waals surface area (Å²) in [6.07, 6.45) is 5.62. The van der Waals surface area contributed by atoms with E-state index >= 15 is 0 Å². The number of carboxylic acids is 1. The maximum absolute atomic E-state index is 10.8. The molecule has 13 heavy (non-hydrogen) atoms. The zero-order valence-corrected chi connectivity index (χ0v) is 8.81. The highest BCUT2D eigenvalue weighted by Gasteiger charge is 2.39. The van der Waals surface area contributed by atoms with E-state index < -0.39 is 10.8 Å². The number of alkyl halides is 1. The van der Waals surface area contributed by atoms with Gasteiger partial charge in [-0.05, 0) is 31.6 Å². The van der Waals surface area contributed by atoms with Crippen molar-refractivity contribution in [1.82, 2.24) is 0 Å². The Morgan fingerprint density at radius 3 is 2.46 bits per heavy atom. The molecule has 0 bridgehead atoms. The number of carboxylic acid groups (broad SMARTS) is 1. The van der Waals surface area contributed by atoms with E-state index in [0.29, 0.717) is 18.8 Å². The van der Waals surface area contributed by atoms with Gasteiger partial charge in [-0.15, -0.1) is 11.6 Å². The fourth-order valence-electron chi connectivity index (χ4n) is 2.05. The molecule has 0 aromatic carbocycles. The number of rotatable bonds is 3. The lowest BCUT2D eigenvalue weighted by Gasteiger charge is -2.31. The average molecular weight is 205 g/mol. The van der Waals surface area contributed by atoms with Crippen molar-refractivity contribution in [2.75, 3.05) is 0 Å². The highest BCUT2D eigenvalue weighted by atomic mass is 35.5. The number of hydrogen-bond acceptors (Lipinski definition) is 1. The molecular weight excluding hydrogens is 188 g/mol. The molecule has 1 rings (SSSR count). The molecule has 0 atom stereocenters. The van der Waals surface area contributed by atoms with Crippen LogP contribution in [0.25, 0.3) is 0 Å². The Hall–Kier alpha value is -0.240. The fraction of sp³-hybridized carbons (Fsp3) is 0.900. The lowest BCUT2D eigenvalue weighted by atomic mass is 9.79. The molecule has 0 saturated heterocycles. The van der Waals surface area contributed by atoms with Crippen molar-refractivity contribution < 1.29 is 9.90 Å². The highest BCUT2D eigenvalue weighted by Crippen LogP contribution is 2.38. The van der Waals surface area contributed by atoms with Crippen LogP contribution < -0.4 is 0 Å². The van der Waals surface area contributed by atoms with E-state index in [1.165, 1.54) is 12.8 Å². The molecule has 1 saturated carbocycles. The van der Waals surface area contributed by atoms with Gasteiger partial charge in [-0.1, -0.05) is 19.8 Å². The maximum atomic E-state index is 10.8. The Balaban J connectivity index is 2.42. The molecule has 0 radical (unpaired) electrons. The summed E-state index contributed by atoms with van der Waals surface area (Å²) >= 11 is 5.98. The van der Waals surface area contributed by atoms with Crippen LogP contribution >= 0.6 is 11.6 Å². The summed E-state index contributed by atoms with van der Waals surface area (Å²) in [6.45, 7) is 2.17. The highest BCUT2D eigenvalue weighted by molar-refractivity contribution is 6.33. The van der Waals surface area contributed by atoms with Gasteiger partial charge in [0.15, 0.2) is 0 Å². The van der Waals surface area contributed by atoms with E-state index in [4.69, 9.17) is 16.7 Å². The van der Waals surface area contributed by atoms with Crippen LogP contribution in [0.4, 0.5) is 0 Å². The molecule has 0 spiro atoms.